The molecule has 4 heteroatoms. The fourth-order valence-corrected chi connectivity index (χ4v) is 1.25. The standard InChI is InChI=1S/C9H12N4/c1-6(2)7-3-8-9(11-4-7)13(10)5-12-8/h3-6H,10H2,1-2H3. The van der Waals surface area contributed by atoms with Gasteiger partial charge in [0.2, 0.25) is 0 Å². The van der Waals surface area contributed by atoms with Crippen molar-refractivity contribution in [2.24, 2.45) is 0 Å². The second-order valence-electron chi connectivity index (χ2n) is 3.42. The molecule has 0 unspecified atom stereocenters. The molecule has 0 saturated carbocycles. The second-order valence-corrected chi connectivity index (χ2v) is 3.42. The molecule has 13 heavy (non-hydrogen) atoms. The summed E-state index contributed by atoms with van der Waals surface area (Å²) in [5.41, 5.74) is 2.77. The van der Waals surface area contributed by atoms with Gasteiger partial charge in [-0.3, -0.25) is 0 Å². The van der Waals surface area contributed by atoms with Crippen molar-refractivity contribution in [3.8, 4) is 0 Å². The van der Waals surface area contributed by atoms with Crippen LogP contribution in [0.15, 0.2) is 18.6 Å². The van der Waals surface area contributed by atoms with Crippen LogP contribution < -0.4 is 5.84 Å². The minimum atomic E-state index is 0.472. The number of nitrogens with zero attached hydrogens (tertiary/aromatic N) is 3. The lowest BCUT2D eigenvalue weighted by atomic mass is 10.1. The molecule has 2 aromatic heterocycles. The quantitative estimate of drug-likeness (QED) is 0.666. The van der Waals surface area contributed by atoms with E-state index in [0.29, 0.717) is 5.92 Å². The van der Waals surface area contributed by atoms with E-state index in [9.17, 15) is 0 Å². The zero-order valence-corrected chi connectivity index (χ0v) is 7.73. The molecule has 0 aromatic carbocycles. The van der Waals surface area contributed by atoms with Crippen molar-refractivity contribution in [3.05, 3.63) is 24.2 Å². The van der Waals surface area contributed by atoms with E-state index < -0.39 is 0 Å². The van der Waals surface area contributed by atoms with Crippen LogP contribution in [0.3, 0.4) is 0 Å². The van der Waals surface area contributed by atoms with Gasteiger partial charge in [0, 0.05) is 6.20 Å². The Hall–Kier alpha value is -1.58. The van der Waals surface area contributed by atoms with Crippen molar-refractivity contribution < 1.29 is 0 Å². The first-order valence-electron chi connectivity index (χ1n) is 4.26. The molecular formula is C9H12N4. The molecular weight excluding hydrogens is 164 g/mol. The average molecular weight is 176 g/mol. The number of pyridine rings is 1. The fourth-order valence-electron chi connectivity index (χ4n) is 1.25. The van der Waals surface area contributed by atoms with Gasteiger partial charge in [-0.05, 0) is 17.5 Å². The van der Waals surface area contributed by atoms with Crippen LogP contribution in [0.4, 0.5) is 0 Å². The van der Waals surface area contributed by atoms with Gasteiger partial charge in [-0.2, -0.15) is 0 Å². The first-order chi connectivity index (χ1) is 6.18. The third-order valence-corrected chi connectivity index (χ3v) is 2.10. The molecule has 68 valence electrons. The van der Waals surface area contributed by atoms with Gasteiger partial charge < -0.3 is 5.84 Å². The number of nitrogen functional groups attached to an aromatic ring is 1. The van der Waals surface area contributed by atoms with E-state index >= 15 is 0 Å². The first kappa shape index (κ1) is 8.04. The lowest BCUT2D eigenvalue weighted by Gasteiger charge is -2.03. The minimum absolute atomic E-state index is 0.472. The van der Waals surface area contributed by atoms with Gasteiger partial charge in [0.15, 0.2) is 5.65 Å². The van der Waals surface area contributed by atoms with Crippen molar-refractivity contribution in [3.63, 3.8) is 0 Å². The van der Waals surface area contributed by atoms with Crippen LogP contribution in [0.25, 0.3) is 11.2 Å². The summed E-state index contributed by atoms with van der Waals surface area (Å²) in [5.74, 6) is 6.07. The maximum atomic E-state index is 5.59. The Morgan fingerprint density at radius 2 is 2.15 bits per heavy atom. The fraction of sp³-hybridized carbons (Fsp3) is 0.333. The van der Waals surface area contributed by atoms with Crippen LogP contribution in [0.1, 0.15) is 25.3 Å². The molecule has 0 bridgehead atoms. The van der Waals surface area contributed by atoms with Gasteiger partial charge in [-0.25, -0.2) is 14.6 Å². The van der Waals surface area contributed by atoms with Crippen molar-refractivity contribution in [1.29, 1.82) is 0 Å². The van der Waals surface area contributed by atoms with Crippen LogP contribution in [-0.2, 0) is 0 Å². The summed E-state index contributed by atoms with van der Waals surface area (Å²) in [6.07, 6.45) is 3.42. The van der Waals surface area contributed by atoms with Gasteiger partial charge in [0.05, 0.1) is 0 Å². The monoisotopic (exact) mass is 176 g/mol. The van der Waals surface area contributed by atoms with Crippen LogP contribution in [0.2, 0.25) is 0 Å². The Kier molecular flexibility index (Phi) is 1.69. The molecule has 0 spiro atoms. The lowest BCUT2D eigenvalue weighted by molar-refractivity contribution is 0.860. The number of fused-ring (bicyclic) bond motifs is 1. The van der Waals surface area contributed by atoms with E-state index in [0.717, 1.165) is 11.2 Å². The molecule has 2 rings (SSSR count). The minimum Gasteiger partial charge on any atom is -0.336 e. The highest BCUT2D eigenvalue weighted by Gasteiger charge is 2.04. The molecule has 0 amide bonds. The van der Waals surface area contributed by atoms with Gasteiger partial charge >= 0.3 is 0 Å². The van der Waals surface area contributed by atoms with E-state index in [2.05, 4.69) is 23.8 Å². The molecule has 0 atom stereocenters. The number of hydrogen-bond acceptors (Lipinski definition) is 3. The molecule has 0 aliphatic heterocycles. The van der Waals surface area contributed by atoms with E-state index in [1.807, 2.05) is 12.3 Å². The third-order valence-electron chi connectivity index (χ3n) is 2.10. The highest BCUT2D eigenvalue weighted by atomic mass is 15.3. The Morgan fingerprint density at radius 3 is 2.85 bits per heavy atom. The Balaban J connectivity index is 2.63. The Morgan fingerprint density at radius 1 is 1.38 bits per heavy atom. The summed E-state index contributed by atoms with van der Waals surface area (Å²) >= 11 is 0. The summed E-state index contributed by atoms with van der Waals surface area (Å²) in [6, 6.07) is 2.02. The summed E-state index contributed by atoms with van der Waals surface area (Å²) in [5, 5.41) is 0. The van der Waals surface area contributed by atoms with Crippen molar-refractivity contribution >= 4 is 11.2 Å². The van der Waals surface area contributed by atoms with Gasteiger partial charge in [-0.15, -0.1) is 0 Å². The second kappa shape index (κ2) is 2.73. The van der Waals surface area contributed by atoms with Crippen LogP contribution in [0.5, 0.6) is 0 Å². The number of hydrogen-bond donors (Lipinski definition) is 1. The molecule has 0 saturated heterocycles. The Bertz CT molecular complexity index is 430. The predicted molar refractivity (Wildman–Crippen MR) is 51.8 cm³/mol. The van der Waals surface area contributed by atoms with Gasteiger partial charge in [0.1, 0.15) is 11.8 Å². The highest BCUT2D eigenvalue weighted by Crippen LogP contribution is 2.16. The summed E-state index contributed by atoms with van der Waals surface area (Å²) < 4.78 is 1.43. The maximum Gasteiger partial charge on any atom is 0.178 e. The number of aromatic nitrogens is 3. The molecule has 0 fully saturated rings. The smallest absolute Gasteiger partial charge is 0.178 e. The predicted octanol–water partition coefficient (Wildman–Crippen LogP) is 1.27. The van der Waals surface area contributed by atoms with Crippen molar-refractivity contribution in [2.75, 3.05) is 5.84 Å². The summed E-state index contributed by atoms with van der Waals surface area (Å²) in [4.78, 5) is 8.37. The largest absolute Gasteiger partial charge is 0.336 e. The van der Waals surface area contributed by atoms with Crippen LogP contribution in [-0.4, -0.2) is 14.6 Å². The molecule has 0 aliphatic rings. The molecule has 2 heterocycles. The molecule has 0 radical (unpaired) electrons. The third kappa shape index (κ3) is 1.24. The highest BCUT2D eigenvalue weighted by molar-refractivity contribution is 5.71. The average Bonchev–Trinajstić information content (AvgIpc) is 2.47. The van der Waals surface area contributed by atoms with Crippen LogP contribution >= 0.6 is 0 Å². The topological polar surface area (TPSA) is 56.7 Å². The first-order valence-corrected chi connectivity index (χ1v) is 4.26. The van der Waals surface area contributed by atoms with Crippen molar-refractivity contribution in [1.82, 2.24) is 14.6 Å². The molecule has 0 aliphatic carbocycles. The summed E-state index contributed by atoms with van der Waals surface area (Å²) in [7, 11) is 0. The molecule has 2 N–H and O–H groups in total. The molecule has 4 nitrogen and oxygen atoms in total. The zero-order valence-electron chi connectivity index (χ0n) is 7.73. The normalized spacial score (nSPS) is 11.3. The number of rotatable bonds is 1. The zero-order chi connectivity index (χ0) is 9.42. The maximum absolute atomic E-state index is 5.59. The lowest BCUT2D eigenvalue weighted by Crippen LogP contribution is -2.06. The number of imidazole rings is 1. The van der Waals surface area contributed by atoms with E-state index in [4.69, 9.17) is 5.84 Å². The Labute approximate surface area is 76.4 Å². The number of nitrogens with two attached hydrogens (primary N) is 1. The van der Waals surface area contributed by atoms with Crippen molar-refractivity contribution in [2.45, 2.75) is 19.8 Å². The van der Waals surface area contributed by atoms with E-state index in [-0.39, 0.29) is 0 Å². The van der Waals surface area contributed by atoms with Gasteiger partial charge in [0.25, 0.3) is 0 Å². The molecule has 2 aromatic rings. The summed E-state index contributed by atoms with van der Waals surface area (Å²) in [6.45, 7) is 4.25. The van der Waals surface area contributed by atoms with E-state index in [1.165, 1.54) is 10.2 Å². The van der Waals surface area contributed by atoms with E-state index in [1.54, 1.807) is 6.33 Å². The van der Waals surface area contributed by atoms with Crippen LogP contribution in [0, 0.1) is 0 Å². The SMILES string of the molecule is CC(C)c1cnc2c(c1)ncn2N. The van der Waals surface area contributed by atoms with Gasteiger partial charge in [-0.1, -0.05) is 13.8 Å².